The van der Waals surface area contributed by atoms with E-state index in [1.54, 1.807) is 7.11 Å². The van der Waals surface area contributed by atoms with Gasteiger partial charge in [0.2, 0.25) is 5.91 Å². The zero-order chi connectivity index (χ0) is 19.3. The van der Waals surface area contributed by atoms with Gasteiger partial charge in [-0.15, -0.1) is 0 Å². The molecule has 1 atom stereocenters. The first-order chi connectivity index (χ1) is 12.3. The first-order valence-corrected chi connectivity index (χ1v) is 9.74. The molecule has 1 heterocycles. The fourth-order valence-electron chi connectivity index (χ4n) is 3.11. The van der Waals surface area contributed by atoms with E-state index in [0.717, 1.165) is 55.5 Å². The van der Waals surface area contributed by atoms with Crippen molar-refractivity contribution in [1.29, 1.82) is 0 Å². The van der Waals surface area contributed by atoms with Crippen LogP contribution < -0.4 is 10.1 Å². The van der Waals surface area contributed by atoms with Crippen LogP contribution in [0, 0.1) is 0 Å². The average molecular weight is 382 g/mol. The van der Waals surface area contributed by atoms with E-state index >= 15 is 0 Å². The van der Waals surface area contributed by atoms with Gasteiger partial charge in [0.25, 0.3) is 0 Å². The highest BCUT2D eigenvalue weighted by molar-refractivity contribution is 6.30. The first-order valence-electron chi connectivity index (χ1n) is 9.36. The molecule has 0 radical (unpaired) electrons. The highest BCUT2D eigenvalue weighted by Crippen LogP contribution is 2.24. The van der Waals surface area contributed by atoms with Crippen LogP contribution in [-0.2, 0) is 11.3 Å². The third-order valence-electron chi connectivity index (χ3n) is 5.32. The summed E-state index contributed by atoms with van der Waals surface area (Å²) < 4.78 is 5.44. The molecule has 0 saturated carbocycles. The fraction of sp³-hybridized carbons (Fsp3) is 0.650. The smallest absolute Gasteiger partial charge is 0.237 e. The van der Waals surface area contributed by atoms with E-state index in [-0.39, 0.29) is 17.5 Å². The Balaban J connectivity index is 1.89. The average Bonchev–Trinajstić information content (AvgIpc) is 2.61. The summed E-state index contributed by atoms with van der Waals surface area (Å²) in [7, 11) is 1.68. The van der Waals surface area contributed by atoms with E-state index in [2.05, 4.69) is 35.9 Å². The second-order valence-electron chi connectivity index (χ2n) is 7.67. The monoisotopic (exact) mass is 381 g/mol. The Morgan fingerprint density at radius 3 is 2.54 bits per heavy atom. The normalized spacial score (nSPS) is 17.8. The minimum Gasteiger partial charge on any atom is -0.496 e. The number of rotatable bonds is 7. The highest BCUT2D eigenvalue weighted by atomic mass is 35.5. The predicted molar refractivity (Wildman–Crippen MR) is 107 cm³/mol. The van der Waals surface area contributed by atoms with E-state index in [0.29, 0.717) is 0 Å². The minimum atomic E-state index is -0.156. The number of halogens is 1. The lowest BCUT2D eigenvalue weighted by Gasteiger charge is -2.38. The molecule has 1 N–H and O–H groups in total. The van der Waals surface area contributed by atoms with Crippen LogP contribution in [-0.4, -0.2) is 60.6 Å². The highest BCUT2D eigenvalue weighted by Gasteiger charge is 2.28. The van der Waals surface area contributed by atoms with E-state index < -0.39 is 0 Å². The van der Waals surface area contributed by atoms with Crippen LogP contribution in [0.1, 0.15) is 39.7 Å². The van der Waals surface area contributed by atoms with Gasteiger partial charge in [-0.1, -0.05) is 18.5 Å². The quantitative estimate of drug-likeness (QED) is 0.788. The molecule has 5 nitrogen and oxygen atoms in total. The summed E-state index contributed by atoms with van der Waals surface area (Å²) in [6.07, 6.45) is 0.917. The Hall–Kier alpha value is -1.30. The van der Waals surface area contributed by atoms with Gasteiger partial charge in [0.15, 0.2) is 0 Å². The van der Waals surface area contributed by atoms with Gasteiger partial charge in [0, 0.05) is 48.8 Å². The minimum absolute atomic E-state index is 0.108. The molecule has 26 heavy (non-hydrogen) atoms. The molecule has 1 saturated heterocycles. The van der Waals surface area contributed by atoms with Gasteiger partial charge in [-0.25, -0.2) is 0 Å². The van der Waals surface area contributed by atoms with Crippen molar-refractivity contribution >= 4 is 17.5 Å². The molecule has 0 bridgehead atoms. The van der Waals surface area contributed by atoms with E-state index in [1.807, 2.05) is 25.1 Å². The molecular formula is C20H32ClN3O2. The largest absolute Gasteiger partial charge is 0.496 e. The molecular weight excluding hydrogens is 350 g/mol. The van der Waals surface area contributed by atoms with Crippen molar-refractivity contribution in [3.8, 4) is 5.75 Å². The summed E-state index contributed by atoms with van der Waals surface area (Å²) in [5, 5.41) is 3.88. The van der Waals surface area contributed by atoms with Crippen LogP contribution in [0.15, 0.2) is 18.2 Å². The number of piperazine rings is 1. The standard InChI is InChI=1S/C20H32ClN3O2/c1-6-20(3,4)22-19(25)15(2)24-11-9-23(10-12-24)14-16-13-17(21)7-8-18(16)26-5/h7-8,13,15H,6,9-12,14H2,1-5H3,(H,22,25). The summed E-state index contributed by atoms with van der Waals surface area (Å²) in [5.41, 5.74) is 0.944. The van der Waals surface area contributed by atoms with Crippen molar-refractivity contribution in [3.63, 3.8) is 0 Å². The molecule has 1 aliphatic rings. The van der Waals surface area contributed by atoms with E-state index in [1.165, 1.54) is 0 Å². The zero-order valence-corrected chi connectivity index (χ0v) is 17.4. The molecule has 0 aliphatic carbocycles. The Morgan fingerprint density at radius 1 is 1.31 bits per heavy atom. The van der Waals surface area contributed by atoms with Crippen molar-refractivity contribution in [2.24, 2.45) is 0 Å². The number of methoxy groups -OCH3 is 1. The third kappa shape index (κ3) is 5.60. The Bertz CT molecular complexity index is 613. The first kappa shape index (κ1) is 21.0. The lowest BCUT2D eigenvalue weighted by molar-refractivity contribution is -0.128. The van der Waals surface area contributed by atoms with Gasteiger partial charge >= 0.3 is 0 Å². The molecule has 146 valence electrons. The SMILES string of the molecule is CCC(C)(C)NC(=O)C(C)N1CCN(Cc2cc(Cl)ccc2OC)CC1. The van der Waals surface area contributed by atoms with Gasteiger partial charge in [0.1, 0.15) is 5.75 Å². The van der Waals surface area contributed by atoms with Crippen LogP contribution in [0.4, 0.5) is 0 Å². The lowest BCUT2D eigenvalue weighted by atomic mass is 10.0. The number of carbonyl (C=O) groups excluding carboxylic acids is 1. The molecule has 0 spiro atoms. The van der Waals surface area contributed by atoms with Crippen LogP contribution in [0.3, 0.4) is 0 Å². The number of nitrogens with zero attached hydrogens (tertiary/aromatic N) is 2. The molecule has 1 fully saturated rings. The van der Waals surface area contributed by atoms with E-state index in [4.69, 9.17) is 16.3 Å². The van der Waals surface area contributed by atoms with Gasteiger partial charge in [-0.05, 0) is 45.4 Å². The molecule has 1 aliphatic heterocycles. The number of benzene rings is 1. The van der Waals surface area contributed by atoms with Crippen molar-refractivity contribution in [1.82, 2.24) is 15.1 Å². The number of amides is 1. The van der Waals surface area contributed by atoms with Gasteiger partial charge in [-0.2, -0.15) is 0 Å². The fourth-order valence-corrected chi connectivity index (χ4v) is 3.31. The van der Waals surface area contributed by atoms with Crippen molar-refractivity contribution in [2.75, 3.05) is 33.3 Å². The Labute approximate surface area is 162 Å². The predicted octanol–water partition coefficient (Wildman–Crippen LogP) is 3.16. The summed E-state index contributed by atoms with van der Waals surface area (Å²) in [6.45, 7) is 12.6. The van der Waals surface area contributed by atoms with Crippen molar-refractivity contribution in [2.45, 2.75) is 52.2 Å². The Morgan fingerprint density at radius 2 is 1.96 bits per heavy atom. The number of hydrogen-bond acceptors (Lipinski definition) is 4. The second kappa shape index (κ2) is 9.07. The topological polar surface area (TPSA) is 44.8 Å². The molecule has 0 aromatic heterocycles. The maximum Gasteiger partial charge on any atom is 0.237 e. The maximum absolute atomic E-state index is 12.5. The number of nitrogens with one attached hydrogen (secondary N) is 1. The van der Waals surface area contributed by atoms with E-state index in [9.17, 15) is 4.79 Å². The van der Waals surface area contributed by atoms with Crippen molar-refractivity contribution < 1.29 is 9.53 Å². The zero-order valence-electron chi connectivity index (χ0n) is 16.6. The number of carbonyl (C=O) groups is 1. The molecule has 1 unspecified atom stereocenters. The summed E-state index contributed by atoms with van der Waals surface area (Å²) in [6, 6.07) is 5.62. The van der Waals surface area contributed by atoms with Gasteiger partial charge in [-0.3, -0.25) is 14.6 Å². The molecule has 1 amide bonds. The third-order valence-corrected chi connectivity index (χ3v) is 5.55. The van der Waals surface area contributed by atoms with Gasteiger partial charge < -0.3 is 10.1 Å². The van der Waals surface area contributed by atoms with Crippen LogP contribution in [0.5, 0.6) is 5.75 Å². The van der Waals surface area contributed by atoms with Crippen molar-refractivity contribution in [3.05, 3.63) is 28.8 Å². The molecule has 1 aromatic carbocycles. The molecule has 1 aromatic rings. The maximum atomic E-state index is 12.5. The molecule has 2 rings (SSSR count). The number of ether oxygens (including phenoxy) is 1. The van der Waals surface area contributed by atoms with Crippen LogP contribution >= 0.6 is 11.6 Å². The lowest BCUT2D eigenvalue weighted by Crippen LogP contribution is -2.56. The summed E-state index contributed by atoms with van der Waals surface area (Å²) in [5.74, 6) is 0.980. The second-order valence-corrected chi connectivity index (χ2v) is 8.11. The number of hydrogen-bond donors (Lipinski definition) is 1. The summed E-state index contributed by atoms with van der Waals surface area (Å²) >= 11 is 6.13. The van der Waals surface area contributed by atoms with Crippen LogP contribution in [0.25, 0.3) is 0 Å². The summed E-state index contributed by atoms with van der Waals surface area (Å²) in [4.78, 5) is 17.1. The Kier molecular flexibility index (Phi) is 7.33. The van der Waals surface area contributed by atoms with Gasteiger partial charge in [0.05, 0.1) is 13.2 Å². The molecule has 6 heteroatoms. The van der Waals surface area contributed by atoms with Crippen LogP contribution in [0.2, 0.25) is 5.02 Å².